The molecule has 1 saturated heterocycles. The van der Waals surface area contributed by atoms with Crippen molar-refractivity contribution in [1.82, 2.24) is 10.2 Å². The Balaban J connectivity index is 2.05. The first kappa shape index (κ1) is 12.4. The first-order chi connectivity index (χ1) is 7.59. The van der Waals surface area contributed by atoms with Crippen LogP contribution in [-0.4, -0.2) is 35.6 Å². The fourth-order valence-electron chi connectivity index (χ4n) is 2.92. The molecule has 1 N–H and O–H groups in total. The summed E-state index contributed by atoms with van der Waals surface area (Å²) in [6.45, 7) is 11.8. The molecule has 1 aliphatic carbocycles. The van der Waals surface area contributed by atoms with Gasteiger partial charge in [0.05, 0.1) is 0 Å². The molecule has 0 radical (unpaired) electrons. The summed E-state index contributed by atoms with van der Waals surface area (Å²) in [6, 6.07) is 1.56. The van der Waals surface area contributed by atoms with E-state index in [1.54, 1.807) is 0 Å². The highest BCUT2D eigenvalue weighted by molar-refractivity contribution is 5.00. The first-order valence-corrected chi connectivity index (χ1v) is 7.10. The lowest BCUT2D eigenvalue weighted by Crippen LogP contribution is -2.65. The van der Waals surface area contributed by atoms with Gasteiger partial charge in [-0.15, -0.1) is 0 Å². The van der Waals surface area contributed by atoms with Crippen molar-refractivity contribution < 1.29 is 0 Å². The van der Waals surface area contributed by atoms with Gasteiger partial charge in [0.2, 0.25) is 0 Å². The largest absolute Gasteiger partial charge is 0.309 e. The molecule has 0 bridgehead atoms. The van der Waals surface area contributed by atoms with Gasteiger partial charge in [-0.25, -0.2) is 0 Å². The molecule has 2 rings (SSSR count). The van der Waals surface area contributed by atoms with E-state index in [4.69, 9.17) is 0 Å². The zero-order valence-electron chi connectivity index (χ0n) is 11.4. The van der Waals surface area contributed by atoms with Crippen LogP contribution in [0, 0.1) is 5.92 Å². The molecule has 0 aromatic carbocycles. The summed E-state index contributed by atoms with van der Waals surface area (Å²) >= 11 is 0. The molecule has 2 nitrogen and oxygen atoms in total. The zero-order chi connectivity index (χ0) is 11.8. The molecular weight excluding hydrogens is 196 g/mol. The van der Waals surface area contributed by atoms with E-state index in [1.807, 2.05) is 0 Å². The van der Waals surface area contributed by atoms with Crippen molar-refractivity contribution in [3.8, 4) is 0 Å². The van der Waals surface area contributed by atoms with Crippen LogP contribution in [0.3, 0.4) is 0 Å². The average molecular weight is 224 g/mol. The van der Waals surface area contributed by atoms with Gasteiger partial charge in [0, 0.05) is 30.7 Å². The van der Waals surface area contributed by atoms with Crippen LogP contribution in [0.4, 0.5) is 0 Å². The van der Waals surface area contributed by atoms with E-state index in [9.17, 15) is 0 Å². The van der Waals surface area contributed by atoms with E-state index < -0.39 is 0 Å². The quantitative estimate of drug-likeness (QED) is 0.790. The second-order valence-electron chi connectivity index (χ2n) is 6.13. The fourth-order valence-corrected chi connectivity index (χ4v) is 2.92. The zero-order valence-corrected chi connectivity index (χ0v) is 11.4. The smallest absolute Gasteiger partial charge is 0.0278 e. The molecule has 1 saturated carbocycles. The highest BCUT2D eigenvalue weighted by Crippen LogP contribution is 2.38. The van der Waals surface area contributed by atoms with E-state index >= 15 is 0 Å². The Kier molecular flexibility index (Phi) is 3.60. The number of nitrogens with zero attached hydrogens (tertiary/aromatic N) is 1. The second-order valence-corrected chi connectivity index (χ2v) is 6.13. The van der Waals surface area contributed by atoms with Gasteiger partial charge in [0.25, 0.3) is 0 Å². The number of hydrogen-bond acceptors (Lipinski definition) is 2. The third kappa shape index (κ3) is 2.43. The summed E-state index contributed by atoms with van der Waals surface area (Å²) in [6.07, 6.45) is 5.44. The van der Waals surface area contributed by atoms with Crippen molar-refractivity contribution >= 4 is 0 Å². The highest BCUT2D eigenvalue weighted by atomic mass is 15.3. The second kappa shape index (κ2) is 4.66. The maximum Gasteiger partial charge on any atom is 0.0278 e. The van der Waals surface area contributed by atoms with Crippen LogP contribution < -0.4 is 5.32 Å². The summed E-state index contributed by atoms with van der Waals surface area (Å²) in [4.78, 5) is 2.79. The van der Waals surface area contributed by atoms with Crippen molar-refractivity contribution in [2.45, 2.75) is 71.0 Å². The predicted molar refractivity (Wildman–Crippen MR) is 69.7 cm³/mol. The number of hydrogen-bond donors (Lipinski definition) is 1. The summed E-state index contributed by atoms with van der Waals surface area (Å²) in [5.41, 5.74) is 0.342. The van der Waals surface area contributed by atoms with Crippen molar-refractivity contribution in [1.29, 1.82) is 0 Å². The van der Waals surface area contributed by atoms with Gasteiger partial charge in [-0.2, -0.15) is 0 Å². The van der Waals surface area contributed by atoms with E-state index in [1.165, 1.54) is 38.8 Å². The molecule has 2 fully saturated rings. The van der Waals surface area contributed by atoms with Gasteiger partial charge in [0.15, 0.2) is 0 Å². The van der Waals surface area contributed by atoms with Gasteiger partial charge in [-0.1, -0.05) is 13.8 Å². The van der Waals surface area contributed by atoms with Gasteiger partial charge in [-0.3, -0.25) is 4.90 Å². The minimum Gasteiger partial charge on any atom is -0.309 e. The lowest BCUT2D eigenvalue weighted by atomic mass is 9.90. The average Bonchev–Trinajstić information content (AvgIpc) is 3.12. The molecular formula is C14H28N2. The van der Waals surface area contributed by atoms with E-state index in [0.717, 1.165) is 18.0 Å². The Morgan fingerprint density at radius 1 is 1.38 bits per heavy atom. The minimum absolute atomic E-state index is 0.342. The molecule has 0 aromatic heterocycles. The van der Waals surface area contributed by atoms with Crippen molar-refractivity contribution in [2.24, 2.45) is 5.92 Å². The normalized spacial score (nSPS) is 38.6. The molecule has 3 unspecified atom stereocenters. The molecule has 16 heavy (non-hydrogen) atoms. The van der Waals surface area contributed by atoms with Gasteiger partial charge < -0.3 is 5.32 Å². The Labute approximate surface area is 101 Å². The van der Waals surface area contributed by atoms with Crippen LogP contribution in [0.2, 0.25) is 0 Å². The Hall–Kier alpha value is -0.0800. The van der Waals surface area contributed by atoms with Crippen LogP contribution in [0.1, 0.15) is 53.4 Å². The monoisotopic (exact) mass is 224 g/mol. The Morgan fingerprint density at radius 3 is 2.56 bits per heavy atom. The van der Waals surface area contributed by atoms with Gasteiger partial charge >= 0.3 is 0 Å². The standard InChI is InChI=1S/C14H28N2/c1-5-11(3)16-10-14(4,6-2)15-9-13(16)12-7-8-12/h11-13,15H,5-10H2,1-4H3. The summed E-state index contributed by atoms with van der Waals surface area (Å²) < 4.78 is 0. The highest BCUT2D eigenvalue weighted by Gasteiger charge is 2.42. The third-order valence-electron chi connectivity index (χ3n) is 4.80. The van der Waals surface area contributed by atoms with Crippen LogP contribution in [0.15, 0.2) is 0 Å². The number of nitrogens with one attached hydrogen (secondary N) is 1. The van der Waals surface area contributed by atoms with E-state index in [2.05, 4.69) is 37.9 Å². The Morgan fingerprint density at radius 2 is 2.06 bits per heavy atom. The molecule has 1 aliphatic heterocycles. The van der Waals surface area contributed by atoms with Crippen LogP contribution in [-0.2, 0) is 0 Å². The molecule has 0 aromatic rings. The van der Waals surface area contributed by atoms with Gasteiger partial charge in [-0.05, 0) is 45.4 Å². The lowest BCUT2D eigenvalue weighted by Gasteiger charge is -2.48. The first-order valence-electron chi connectivity index (χ1n) is 7.10. The molecule has 2 aliphatic rings. The van der Waals surface area contributed by atoms with Crippen molar-refractivity contribution in [2.75, 3.05) is 13.1 Å². The van der Waals surface area contributed by atoms with Crippen molar-refractivity contribution in [3.05, 3.63) is 0 Å². The predicted octanol–water partition coefficient (Wildman–Crippen LogP) is 2.64. The molecule has 94 valence electrons. The maximum atomic E-state index is 3.78. The lowest BCUT2D eigenvalue weighted by molar-refractivity contribution is 0.0400. The SMILES string of the molecule is CCC(C)N1CC(C)(CC)NCC1C1CC1. The van der Waals surface area contributed by atoms with Crippen LogP contribution in [0.5, 0.6) is 0 Å². The number of piperazine rings is 1. The molecule has 1 heterocycles. The minimum atomic E-state index is 0.342. The van der Waals surface area contributed by atoms with E-state index in [0.29, 0.717) is 5.54 Å². The van der Waals surface area contributed by atoms with E-state index in [-0.39, 0.29) is 0 Å². The molecule has 0 spiro atoms. The Bertz CT molecular complexity index is 237. The summed E-state index contributed by atoms with van der Waals surface area (Å²) in [7, 11) is 0. The maximum absolute atomic E-state index is 3.78. The van der Waals surface area contributed by atoms with Crippen LogP contribution in [0.25, 0.3) is 0 Å². The third-order valence-corrected chi connectivity index (χ3v) is 4.80. The van der Waals surface area contributed by atoms with Gasteiger partial charge in [0.1, 0.15) is 0 Å². The summed E-state index contributed by atoms with van der Waals surface area (Å²) in [5.74, 6) is 0.989. The molecule has 0 amide bonds. The topological polar surface area (TPSA) is 15.3 Å². The number of rotatable bonds is 4. The molecule has 2 heteroatoms. The summed E-state index contributed by atoms with van der Waals surface area (Å²) in [5, 5.41) is 3.78. The van der Waals surface area contributed by atoms with Crippen molar-refractivity contribution in [3.63, 3.8) is 0 Å². The van der Waals surface area contributed by atoms with Crippen LogP contribution >= 0.6 is 0 Å². The molecule has 3 atom stereocenters. The fraction of sp³-hybridized carbons (Fsp3) is 1.00.